The molecular formula is C34H42F2N8OS. The molecule has 0 amide bonds. The fourth-order valence-electron chi connectivity index (χ4n) is 6.57. The Morgan fingerprint density at radius 3 is 2.63 bits per heavy atom. The van der Waals surface area contributed by atoms with Crippen LogP contribution in [0.3, 0.4) is 0 Å². The third-order valence-electron chi connectivity index (χ3n) is 9.76. The van der Waals surface area contributed by atoms with Crippen molar-refractivity contribution >= 4 is 43.1 Å². The predicted molar refractivity (Wildman–Crippen MR) is 180 cm³/mol. The van der Waals surface area contributed by atoms with Crippen LogP contribution in [0.4, 0.5) is 19.6 Å². The molecule has 2 aliphatic carbocycles. The molecule has 3 aromatic heterocycles. The van der Waals surface area contributed by atoms with Crippen LogP contribution in [0.1, 0.15) is 57.4 Å². The van der Waals surface area contributed by atoms with Gasteiger partial charge in [0.1, 0.15) is 22.7 Å². The standard InChI is InChI=1S/C34H42F2N8OS/c1-4-14-44(15-6-13-35)20-33(11-12-33)21-45-32-41-27-16-26(22-7-8-25(36)29-28(22)23(17-37)30(38)46-29)39-18-24(27)31(42-32)40-19-34(43(2)3)9-5-10-34/h7-8,16,18H,4-6,9-15,19-21,38H2,1-3H3,(H,40,41,42). The number of likely N-dealkylation sites (N-methyl/N-ethyl adjacent to an activating group) is 1. The molecule has 2 aliphatic rings. The van der Waals surface area contributed by atoms with Gasteiger partial charge in [-0.25, -0.2) is 4.39 Å². The first-order valence-electron chi connectivity index (χ1n) is 16.1. The van der Waals surface area contributed by atoms with E-state index in [0.717, 1.165) is 75.0 Å². The van der Waals surface area contributed by atoms with Gasteiger partial charge in [-0.15, -0.1) is 11.3 Å². The number of thiophene rings is 1. The normalized spacial score (nSPS) is 16.6. The second kappa shape index (κ2) is 13.2. The minimum absolute atomic E-state index is 0.00794. The highest BCUT2D eigenvalue weighted by Crippen LogP contribution is 2.47. The summed E-state index contributed by atoms with van der Waals surface area (Å²) in [6.45, 7) is 5.58. The topological polar surface area (TPSA) is 116 Å². The third-order valence-corrected chi connectivity index (χ3v) is 10.8. The van der Waals surface area contributed by atoms with Crippen LogP contribution < -0.4 is 15.8 Å². The predicted octanol–water partition coefficient (Wildman–Crippen LogP) is 6.63. The maximum Gasteiger partial charge on any atom is 0.318 e. The first-order valence-corrected chi connectivity index (χ1v) is 16.9. The summed E-state index contributed by atoms with van der Waals surface area (Å²) in [6, 6.07) is 7.27. The highest BCUT2D eigenvalue weighted by atomic mass is 32.1. The number of nitrogens with two attached hydrogens (primary N) is 1. The summed E-state index contributed by atoms with van der Waals surface area (Å²) < 4.78 is 34.4. The van der Waals surface area contributed by atoms with Crippen molar-refractivity contribution in [2.24, 2.45) is 5.41 Å². The number of anilines is 2. The maximum absolute atomic E-state index is 14.8. The number of hydrogen-bond acceptors (Lipinski definition) is 10. The van der Waals surface area contributed by atoms with Gasteiger partial charge in [-0.05, 0) is 83.8 Å². The van der Waals surface area contributed by atoms with E-state index in [9.17, 15) is 14.0 Å². The summed E-state index contributed by atoms with van der Waals surface area (Å²) in [5, 5.41) is 14.9. The molecule has 6 rings (SSSR count). The Balaban J connectivity index is 1.34. The van der Waals surface area contributed by atoms with Crippen molar-refractivity contribution in [1.82, 2.24) is 24.8 Å². The SMILES string of the molecule is CCCN(CCCF)CC1(COc2nc(NCC3(N(C)C)CCC3)c3cnc(-c4ccc(F)c5sc(N)c(C#N)c45)cc3n2)CC1. The van der Waals surface area contributed by atoms with E-state index in [-0.39, 0.29) is 34.2 Å². The van der Waals surface area contributed by atoms with E-state index in [1.54, 1.807) is 12.3 Å². The molecule has 0 radical (unpaired) electrons. The lowest BCUT2D eigenvalue weighted by atomic mass is 9.75. The molecule has 0 unspecified atom stereocenters. The highest BCUT2D eigenvalue weighted by Gasteiger charge is 2.45. The van der Waals surface area contributed by atoms with E-state index in [1.165, 1.54) is 12.5 Å². The number of nitriles is 1. The Morgan fingerprint density at radius 2 is 1.98 bits per heavy atom. The monoisotopic (exact) mass is 648 g/mol. The van der Waals surface area contributed by atoms with Crippen LogP contribution in [0.25, 0.3) is 32.2 Å². The third kappa shape index (κ3) is 6.33. The fraction of sp³-hybridized carbons (Fsp3) is 0.529. The van der Waals surface area contributed by atoms with E-state index in [1.807, 2.05) is 6.07 Å². The number of nitrogens with zero attached hydrogens (tertiary/aromatic N) is 6. The van der Waals surface area contributed by atoms with Gasteiger partial charge in [0.15, 0.2) is 0 Å². The van der Waals surface area contributed by atoms with Gasteiger partial charge in [0.2, 0.25) is 0 Å². The average molecular weight is 649 g/mol. The number of rotatable bonds is 15. The second-order valence-corrected chi connectivity index (χ2v) is 14.2. The number of hydrogen-bond donors (Lipinski definition) is 2. The molecule has 0 bridgehead atoms. The van der Waals surface area contributed by atoms with E-state index in [4.69, 9.17) is 25.4 Å². The molecule has 0 atom stereocenters. The summed E-state index contributed by atoms with van der Waals surface area (Å²) in [5.74, 6) is 0.221. The Kier molecular flexibility index (Phi) is 9.28. The fourth-order valence-corrected chi connectivity index (χ4v) is 7.51. The van der Waals surface area contributed by atoms with Crippen LogP contribution in [0.15, 0.2) is 24.4 Å². The summed E-state index contributed by atoms with van der Waals surface area (Å²) in [6.07, 6.45) is 8.78. The largest absolute Gasteiger partial charge is 0.463 e. The van der Waals surface area contributed by atoms with E-state index in [0.29, 0.717) is 45.7 Å². The molecule has 3 heterocycles. The van der Waals surface area contributed by atoms with Crippen LogP contribution in [0, 0.1) is 22.6 Å². The van der Waals surface area contributed by atoms with Crippen molar-refractivity contribution in [3.05, 3.63) is 35.8 Å². The summed E-state index contributed by atoms with van der Waals surface area (Å²) in [5.41, 5.74) is 8.20. The first kappa shape index (κ1) is 32.3. The Labute approximate surface area is 272 Å². The molecule has 1 aromatic carbocycles. The summed E-state index contributed by atoms with van der Waals surface area (Å²) >= 11 is 1.06. The van der Waals surface area contributed by atoms with Crippen molar-refractivity contribution in [2.75, 3.05) is 64.6 Å². The molecule has 4 aromatic rings. The number of nitrogens with one attached hydrogen (secondary N) is 1. The van der Waals surface area contributed by atoms with Crippen molar-refractivity contribution < 1.29 is 13.5 Å². The van der Waals surface area contributed by atoms with Gasteiger partial charge >= 0.3 is 6.01 Å². The zero-order chi connectivity index (χ0) is 32.5. The maximum atomic E-state index is 14.8. The van der Waals surface area contributed by atoms with Gasteiger partial charge in [0.25, 0.3) is 0 Å². The number of aromatic nitrogens is 3. The van der Waals surface area contributed by atoms with Gasteiger partial charge in [0.05, 0.1) is 40.1 Å². The molecule has 0 saturated heterocycles. The molecule has 12 heteroatoms. The molecule has 0 spiro atoms. The molecule has 0 aliphatic heterocycles. The molecule has 2 saturated carbocycles. The van der Waals surface area contributed by atoms with E-state index >= 15 is 0 Å². The molecule has 3 N–H and O–H groups in total. The van der Waals surface area contributed by atoms with Gasteiger partial charge in [-0.1, -0.05) is 6.92 Å². The zero-order valence-electron chi connectivity index (χ0n) is 26.8. The van der Waals surface area contributed by atoms with Crippen molar-refractivity contribution in [3.8, 4) is 23.3 Å². The number of halogens is 2. The number of benzene rings is 1. The smallest absolute Gasteiger partial charge is 0.318 e. The molecular weight excluding hydrogens is 606 g/mol. The molecule has 46 heavy (non-hydrogen) atoms. The molecule has 9 nitrogen and oxygen atoms in total. The Hall–Kier alpha value is -3.66. The van der Waals surface area contributed by atoms with Crippen molar-refractivity contribution in [1.29, 1.82) is 5.26 Å². The van der Waals surface area contributed by atoms with E-state index in [2.05, 4.69) is 42.2 Å². The summed E-state index contributed by atoms with van der Waals surface area (Å²) in [4.78, 5) is 19.0. The van der Waals surface area contributed by atoms with E-state index < -0.39 is 5.82 Å². The van der Waals surface area contributed by atoms with Crippen LogP contribution >= 0.6 is 11.3 Å². The highest BCUT2D eigenvalue weighted by molar-refractivity contribution is 7.23. The number of ether oxygens (including phenoxy) is 1. The van der Waals surface area contributed by atoms with Gasteiger partial charge < -0.3 is 25.6 Å². The Morgan fingerprint density at radius 1 is 1.17 bits per heavy atom. The number of nitrogen functional groups attached to an aromatic ring is 1. The van der Waals surface area contributed by atoms with Crippen LogP contribution in [0.2, 0.25) is 0 Å². The number of pyridine rings is 1. The molecule has 244 valence electrons. The lowest BCUT2D eigenvalue weighted by Gasteiger charge is -2.47. The van der Waals surface area contributed by atoms with Gasteiger partial charge in [0, 0.05) is 47.7 Å². The lowest BCUT2D eigenvalue weighted by molar-refractivity contribution is 0.0738. The summed E-state index contributed by atoms with van der Waals surface area (Å²) in [7, 11) is 4.23. The van der Waals surface area contributed by atoms with Crippen molar-refractivity contribution in [3.63, 3.8) is 0 Å². The quantitative estimate of drug-likeness (QED) is 0.147. The minimum Gasteiger partial charge on any atom is -0.463 e. The van der Waals surface area contributed by atoms with Gasteiger partial charge in [-0.2, -0.15) is 15.2 Å². The second-order valence-electron chi connectivity index (χ2n) is 13.1. The van der Waals surface area contributed by atoms with Crippen LogP contribution in [0.5, 0.6) is 6.01 Å². The lowest BCUT2D eigenvalue weighted by Crippen LogP contribution is -2.54. The first-order chi connectivity index (χ1) is 22.2. The van der Waals surface area contributed by atoms with Crippen LogP contribution in [-0.2, 0) is 0 Å². The number of fused-ring (bicyclic) bond motifs is 2. The van der Waals surface area contributed by atoms with Gasteiger partial charge in [-0.3, -0.25) is 9.37 Å². The van der Waals surface area contributed by atoms with Crippen molar-refractivity contribution in [2.45, 2.75) is 57.4 Å². The number of alkyl halides is 1. The van der Waals surface area contributed by atoms with Crippen LogP contribution in [-0.4, -0.2) is 83.8 Å². The Bertz CT molecular complexity index is 1760. The average Bonchev–Trinajstić information content (AvgIpc) is 3.70. The minimum atomic E-state index is -0.427. The molecule has 2 fully saturated rings. The zero-order valence-corrected chi connectivity index (χ0v) is 27.7.